The molecule has 8 nitrogen and oxygen atoms in total. The van der Waals surface area contributed by atoms with E-state index in [0.717, 1.165) is 51.4 Å². The Morgan fingerprint density at radius 2 is 0.281 bits per heavy atom. The molecule has 0 spiro atoms. The van der Waals surface area contributed by atoms with Gasteiger partial charge in [0.25, 0.3) is 0 Å². The minimum Gasteiger partial charge on any atom is -0.789 e. The summed E-state index contributed by atoms with van der Waals surface area (Å²) < 4.78 is 20.0. The van der Waals surface area contributed by atoms with Gasteiger partial charge in [-0.05, 0) is 128 Å². The first-order chi connectivity index (χ1) is 57.2. The van der Waals surface area contributed by atoms with E-state index in [1.54, 1.807) is 0 Å². The molecule has 0 bridgehead atoms. The minimum absolute atomic E-state index is 0. The molecule has 0 aliphatic carbocycles. The van der Waals surface area contributed by atoms with E-state index in [1.807, 2.05) is 0 Å². The molecule has 716 valence electrons. The molecule has 4 radical (unpaired) electrons. The van der Waals surface area contributed by atoms with Crippen LogP contribution in [0.25, 0.3) is 0 Å². The van der Waals surface area contributed by atoms with Gasteiger partial charge in [-0.15, -0.1) is 23.0 Å². The number of esters is 4. The number of hydrogen-bond acceptors (Lipinski definition) is 12. The largest absolute Gasteiger partial charge is 2.00 e. The van der Waals surface area contributed by atoms with Gasteiger partial charge in [-0.3, -0.25) is 19.2 Å². The Bertz CT molecular complexity index is 1710. The Morgan fingerprint density at radius 1 is 0.182 bits per heavy atom. The molecule has 0 N–H and O–H groups in total. The van der Waals surface area contributed by atoms with Gasteiger partial charge in [0.05, 0.1) is 26.4 Å². The zero-order chi connectivity index (χ0) is 85.0. The average molecular weight is 2010 g/mol. The molecule has 0 aliphatic rings. The van der Waals surface area contributed by atoms with Crippen molar-refractivity contribution in [2.75, 3.05) is 49.4 Å². The first-order valence-corrected chi connectivity index (χ1v) is 53.1. The third kappa shape index (κ3) is 143. The number of carbonyl (C=O) groups is 4. The van der Waals surface area contributed by atoms with Crippen molar-refractivity contribution in [1.29, 1.82) is 0 Å². The van der Waals surface area contributed by atoms with Crippen LogP contribution in [0, 0.1) is 0 Å². The second kappa shape index (κ2) is 136. The summed E-state index contributed by atoms with van der Waals surface area (Å²) in [5, 5.41) is 0. The summed E-state index contributed by atoms with van der Waals surface area (Å²) in [5.41, 5.74) is 0. The van der Waals surface area contributed by atoms with Crippen molar-refractivity contribution in [1.82, 2.24) is 0 Å². The standard InChI is InChI=1S/4C26H50O2S.2CH4.H2S.2Sn/c4*1-2-3-4-5-6-7-8-9-10-11-12-13-14-15-16-17-18-19-20-21-22-23-26(27)28-24-25-29;;;;;/h4*9-10,29H,2-8,11-25H2,1H3;2*1H4;1H2;;/q;;;;;;;2*+2/p-4/b4*10-9+;;;;;. The van der Waals surface area contributed by atoms with E-state index in [1.165, 1.54) is 437 Å². The summed E-state index contributed by atoms with van der Waals surface area (Å²) in [6.45, 7) is 10.7. The number of rotatable bonds is 92. The van der Waals surface area contributed by atoms with Gasteiger partial charge in [-0.2, -0.15) is 13.5 Å². The van der Waals surface area contributed by atoms with Gasteiger partial charge >= 0.3 is 71.7 Å². The molecule has 0 heterocycles. The normalized spacial score (nSPS) is 10.9. The van der Waals surface area contributed by atoms with Gasteiger partial charge < -0.3 is 69.5 Å². The monoisotopic (exact) mass is 2010 g/mol. The molecule has 0 saturated carbocycles. The third-order valence-electron chi connectivity index (χ3n) is 22.0. The number of hydrogen-bond donors (Lipinski definition) is 0. The van der Waals surface area contributed by atoms with Gasteiger partial charge in [0.1, 0.15) is 0 Å². The molecule has 0 atom stereocenters. The second-order valence-electron chi connectivity index (χ2n) is 33.5. The van der Waals surface area contributed by atoms with Crippen LogP contribution in [0.2, 0.25) is 0 Å². The zero-order valence-corrected chi connectivity index (χ0v) is 89.2. The van der Waals surface area contributed by atoms with Gasteiger partial charge in [0, 0.05) is 25.7 Å². The molecule has 0 saturated heterocycles. The summed E-state index contributed by atoms with van der Waals surface area (Å²) >= 11 is 19.0. The van der Waals surface area contributed by atoms with E-state index in [0.29, 0.717) is 75.1 Å². The van der Waals surface area contributed by atoms with Crippen LogP contribution >= 0.6 is 13.5 Å². The maximum Gasteiger partial charge on any atom is 2.00 e. The summed E-state index contributed by atoms with van der Waals surface area (Å²) in [4.78, 5) is 45.3. The Balaban J connectivity index is -0.000000195. The molecule has 121 heavy (non-hydrogen) atoms. The van der Waals surface area contributed by atoms with Crippen molar-refractivity contribution in [2.45, 2.75) is 556 Å². The fraction of sp³-hybridized carbons (Fsp3) is 0.887. The van der Waals surface area contributed by atoms with Crippen LogP contribution in [0.3, 0.4) is 0 Å². The van der Waals surface area contributed by atoms with Crippen LogP contribution in [0.5, 0.6) is 0 Å². The maximum atomic E-state index is 11.3. The molecule has 0 rings (SSSR count). The quantitative estimate of drug-likeness (QED) is 0.0145. The summed E-state index contributed by atoms with van der Waals surface area (Å²) in [7, 11) is 0. The smallest absolute Gasteiger partial charge is 0.789 e. The topological polar surface area (TPSA) is 105 Å². The average Bonchev–Trinajstić information content (AvgIpc) is 1.07. The van der Waals surface area contributed by atoms with Crippen molar-refractivity contribution in [2.24, 2.45) is 0 Å². The Labute approximate surface area is 820 Å². The molecule has 0 unspecified atom stereocenters. The minimum atomic E-state index is -0.0804. The van der Waals surface area contributed by atoms with Crippen molar-refractivity contribution >= 4 is 136 Å². The molecule has 0 amide bonds. The van der Waals surface area contributed by atoms with E-state index in [9.17, 15) is 19.2 Å². The maximum absolute atomic E-state index is 11.3. The van der Waals surface area contributed by atoms with Gasteiger partial charge in [0.15, 0.2) is 0 Å². The van der Waals surface area contributed by atoms with Crippen LogP contribution in [0.15, 0.2) is 48.6 Å². The Morgan fingerprint density at radius 3 is 0.388 bits per heavy atom. The Hall–Kier alpha value is 0.187. The molecule has 0 fully saturated rings. The zero-order valence-electron chi connectivity index (χ0n) is 79.2. The van der Waals surface area contributed by atoms with Crippen molar-refractivity contribution in [3.8, 4) is 0 Å². The van der Waals surface area contributed by atoms with Gasteiger partial charge in [-0.1, -0.05) is 451 Å². The number of allylic oxidation sites excluding steroid dienone is 8. The third-order valence-corrected chi connectivity index (χ3v) is 22.6. The summed E-state index contributed by atoms with van der Waals surface area (Å²) in [5.74, 6) is 1.69. The molecular formula is C106H206O8S5Sn2. The molecule has 15 heteroatoms. The van der Waals surface area contributed by atoms with Crippen LogP contribution in [0.4, 0.5) is 0 Å². The number of ether oxygens (including phenoxy) is 4. The van der Waals surface area contributed by atoms with Crippen LogP contribution in [-0.4, -0.2) is 121 Å². The number of unbranched alkanes of at least 4 members (excludes halogenated alkanes) is 68. The molecule has 0 aromatic heterocycles. The van der Waals surface area contributed by atoms with E-state index in [4.69, 9.17) is 69.5 Å². The SMILES string of the molecule is C.C.CCCCCCCC/C=C/CCCCCCCCCCCCCC(=O)OCC[S-].CCCCCCCC/C=C/CCCCCCCCCCCCCC(=O)OCC[S-].CCCCCCCC/C=C/CCCCCCCCCCCCCC(=O)OCC[S-].CCCCCCCC/C=C/CCCCCCCCCCCCCC(=O)OCC[S-].S.[Sn+2].[Sn+2]. The molecule has 0 aromatic rings. The van der Waals surface area contributed by atoms with Gasteiger partial charge in [0.2, 0.25) is 0 Å². The second-order valence-corrected chi connectivity index (χ2v) is 35.2. The fourth-order valence-electron chi connectivity index (χ4n) is 14.5. The predicted molar refractivity (Wildman–Crippen MR) is 557 cm³/mol. The first kappa shape index (κ1) is 139. The summed E-state index contributed by atoms with van der Waals surface area (Å²) in [6, 6.07) is 0. The summed E-state index contributed by atoms with van der Waals surface area (Å²) in [6.07, 6.45) is 123. The van der Waals surface area contributed by atoms with E-state index >= 15 is 0 Å². The molecule has 0 aliphatic heterocycles. The first-order valence-electron chi connectivity index (χ1n) is 50.8. The van der Waals surface area contributed by atoms with Crippen LogP contribution in [-0.2, 0) is 88.6 Å². The molecular weight excluding hydrogens is 1800 g/mol. The van der Waals surface area contributed by atoms with E-state index in [2.05, 4.69) is 76.3 Å². The van der Waals surface area contributed by atoms with Crippen molar-refractivity contribution in [3.05, 3.63) is 48.6 Å². The molecule has 0 aromatic carbocycles. The number of carbonyl (C=O) groups excluding carboxylic acids is 4. The van der Waals surface area contributed by atoms with E-state index in [-0.39, 0.29) is 100 Å². The van der Waals surface area contributed by atoms with Crippen molar-refractivity contribution < 1.29 is 38.1 Å². The van der Waals surface area contributed by atoms with Crippen LogP contribution in [0.1, 0.15) is 556 Å². The fourth-order valence-corrected chi connectivity index (χ4v) is 14.8. The van der Waals surface area contributed by atoms with E-state index < -0.39 is 0 Å². The van der Waals surface area contributed by atoms with Crippen LogP contribution < -0.4 is 0 Å². The predicted octanol–water partition coefficient (Wildman–Crippen LogP) is 34.4. The van der Waals surface area contributed by atoms with Gasteiger partial charge in [-0.25, -0.2) is 0 Å². The Kier molecular flexibility index (Phi) is 156. The van der Waals surface area contributed by atoms with Crippen molar-refractivity contribution in [3.63, 3.8) is 0 Å².